The Hall–Kier alpha value is -1.63. The first-order chi connectivity index (χ1) is 13.0. The molecule has 1 rings (SSSR count). The van der Waals surface area contributed by atoms with Gasteiger partial charge in [0.05, 0.1) is 5.56 Å². The van der Waals surface area contributed by atoms with Gasteiger partial charge < -0.3 is 4.74 Å². The van der Waals surface area contributed by atoms with Crippen LogP contribution in [0.3, 0.4) is 0 Å². The zero-order valence-corrected chi connectivity index (χ0v) is 16.6. The molecule has 1 N–H and O–H groups in total. The number of hydrogen-bond acceptors (Lipinski definition) is 4. The maximum Gasteiger partial charge on any atom is 0.438 e. The lowest BCUT2D eigenvalue weighted by Crippen LogP contribution is -2.63. The summed E-state index contributed by atoms with van der Waals surface area (Å²) < 4.78 is 115. The molecule has 0 unspecified atom stereocenters. The van der Waals surface area contributed by atoms with E-state index >= 15 is 0 Å². The highest BCUT2D eigenvalue weighted by Crippen LogP contribution is 2.47. The number of rotatable bonds is 7. The van der Waals surface area contributed by atoms with Crippen LogP contribution in [0.5, 0.6) is 0 Å². The second kappa shape index (κ2) is 8.62. The van der Waals surface area contributed by atoms with Crippen molar-refractivity contribution in [3.8, 4) is 0 Å². The highest BCUT2D eigenvalue weighted by molar-refractivity contribution is 7.85. The first kappa shape index (κ1) is 25.4. The fraction of sp³-hybridized carbons (Fsp3) is 0.500. The lowest BCUT2D eigenvalue weighted by atomic mass is 9.82. The number of hydrogen-bond donors (Lipinski definition) is 1. The van der Waals surface area contributed by atoms with Crippen LogP contribution in [0.15, 0.2) is 12.1 Å². The highest BCUT2D eigenvalue weighted by atomic mass is 32.2. The minimum atomic E-state index is -6.36. The Morgan fingerprint density at radius 3 is 1.62 bits per heavy atom. The molecule has 15 heteroatoms. The molecule has 0 spiro atoms. The normalized spacial score (nSPS) is 13.3. The van der Waals surface area contributed by atoms with E-state index in [4.69, 9.17) is 4.55 Å². The van der Waals surface area contributed by atoms with Crippen LogP contribution in [-0.2, 0) is 33.8 Å². The Morgan fingerprint density at radius 1 is 0.931 bits per heavy atom. The maximum atomic E-state index is 13.4. The fourth-order valence-corrected chi connectivity index (χ4v) is 3.70. The monoisotopic (exact) mass is 444 g/mol. The minimum absolute atomic E-state index is 0.106. The maximum absolute atomic E-state index is 13.4. The van der Waals surface area contributed by atoms with Crippen LogP contribution in [0.2, 0.25) is 0 Å². The van der Waals surface area contributed by atoms with Crippen molar-refractivity contribution in [3.05, 3.63) is 34.4 Å². The summed E-state index contributed by atoms with van der Waals surface area (Å²) in [6, 6.07) is 2.92. The van der Waals surface area contributed by atoms with Gasteiger partial charge in [0, 0.05) is 0 Å². The predicted molar refractivity (Wildman–Crippen MR) is 99.9 cm³/mol. The van der Waals surface area contributed by atoms with Gasteiger partial charge in [-0.05, 0) is 11.1 Å². The van der Waals surface area contributed by atoms with E-state index in [0.29, 0.717) is 11.9 Å². The molecule has 0 aliphatic heterocycles. The number of esters is 1. The predicted octanol–water partition coefficient (Wildman–Crippen LogP) is -0.00610. The van der Waals surface area contributed by atoms with Crippen molar-refractivity contribution in [2.24, 2.45) is 0 Å². The molecule has 0 saturated heterocycles. The van der Waals surface area contributed by atoms with Crippen molar-refractivity contribution < 1.29 is 48.8 Å². The molecule has 0 radical (unpaired) electrons. The summed E-state index contributed by atoms with van der Waals surface area (Å²) in [7, 11) is -0.970. The van der Waals surface area contributed by atoms with Crippen molar-refractivity contribution in [2.45, 2.75) is 36.9 Å². The van der Waals surface area contributed by atoms with Crippen molar-refractivity contribution in [1.29, 1.82) is 0 Å². The Bertz CT molecular complexity index is 830. The van der Waals surface area contributed by atoms with Crippen LogP contribution in [0.25, 0.3) is 0 Å². The number of alkyl halides is 6. The van der Waals surface area contributed by atoms with E-state index in [9.17, 15) is 39.6 Å². The van der Waals surface area contributed by atoms with Crippen LogP contribution in [0.4, 0.5) is 26.3 Å². The molecule has 29 heavy (non-hydrogen) atoms. The second-order valence-corrected chi connectivity index (χ2v) is 7.74. The zero-order valence-electron chi connectivity index (χ0n) is 15.7. The number of carbonyl (C=O) groups is 1. The Kier molecular flexibility index (Phi) is 7.56. The molecular weight excluding hydrogens is 427 g/mol. The number of benzene rings is 1. The molecule has 0 heterocycles. The standard InChI is InChI=1S/C14H17B3F6O5S/c15-3-7-1-8(4-16)10(9(2-7)5-17)11(24)28-12(13(18,19)20,14(21,22)23)6-29(25,26)27/h1-2H,3-6,15-17H2,(H,25,26,27). The van der Waals surface area contributed by atoms with E-state index in [1.165, 1.54) is 12.1 Å². The molecular formula is C14H17B3F6O5S. The summed E-state index contributed by atoms with van der Waals surface area (Å²) in [6.45, 7) is 0. The molecule has 0 aromatic heterocycles. The molecule has 0 amide bonds. The van der Waals surface area contributed by atoms with Gasteiger partial charge in [0.1, 0.15) is 29.3 Å². The molecule has 0 aliphatic carbocycles. The molecule has 0 bridgehead atoms. The van der Waals surface area contributed by atoms with Gasteiger partial charge in [-0.1, -0.05) is 36.7 Å². The summed E-state index contributed by atoms with van der Waals surface area (Å²) in [6.07, 6.45) is -12.0. The summed E-state index contributed by atoms with van der Waals surface area (Å²) in [5, 5.41) is 0. The molecule has 0 atom stereocenters. The number of carbonyl (C=O) groups excluding carboxylic acids is 1. The molecule has 5 nitrogen and oxygen atoms in total. The highest BCUT2D eigenvalue weighted by Gasteiger charge is 2.76. The fourth-order valence-electron chi connectivity index (χ4n) is 2.80. The molecule has 1 aromatic rings. The van der Waals surface area contributed by atoms with Crippen LogP contribution in [0.1, 0.15) is 27.0 Å². The SMILES string of the molecule is BCc1cc(CB)c(C(=O)OC(CS(=O)(=O)O)(C(F)(F)F)C(F)(F)F)c(CB)c1. The largest absolute Gasteiger partial charge is 0.438 e. The van der Waals surface area contributed by atoms with E-state index in [1.54, 1.807) is 23.5 Å². The third-order valence-electron chi connectivity index (χ3n) is 4.30. The lowest BCUT2D eigenvalue weighted by molar-refractivity contribution is -0.356. The number of ether oxygens (including phenoxy) is 1. The first-order valence-corrected chi connectivity index (χ1v) is 10.1. The minimum Gasteiger partial charge on any atom is -0.435 e. The van der Waals surface area contributed by atoms with Crippen molar-refractivity contribution in [3.63, 3.8) is 0 Å². The van der Waals surface area contributed by atoms with Gasteiger partial charge in [0.15, 0.2) is 0 Å². The van der Waals surface area contributed by atoms with Crippen LogP contribution in [-0.4, -0.2) is 66.2 Å². The van der Waals surface area contributed by atoms with Gasteiger partial charge in [-0.15, -0.1) is 0 Å². The van der Waals surface area contributed by atoms with E-state index < -0.39 is 45.4 Å². The summed E-state index contributed by atoms with van der Waals surface area (Å²) >= 11 is 0. The van der Waals surface area contributed by atoms with E-state index in [2.05, 4.69) is 4.74 Å². The molecule has 1 aromatic carbocycles. The van der Waals surface area contributed by atoms with Gasteiger partial charge in [0.2, 0.25) is 0 Å². The van der Waals surface area contributed by atoms with Crippen molar-refractivity contribution in [1.82, 2.24) is 0 Å². The smallest absolute Gasteiger partial charge is 0.435 e. The Morgan fingerprint density at radius 2 is 1.34 bits per heavy atom. The van der Waals surface area contributed by atoms with Gasteiger partial charge in [-0.3, -0.25) is 4.55 Å². The Labute approximate surface area is 166 Å². The van der Waals surface area contributed by atoms with E-state index in [-0.39, 0.29) is 23.8 Å². The van der Waals surface area contributed by atoms with Gasteiger partial charge >= 0.3 is 23.9 Å². The average Bonchev–Trinajstić information content (AvgIpc) is 2.56. The molecule has 0 fully saturated rings. The summed E-state index contributed by atoms with van der Waals surface area (Å²) in [5.41, 5.74) is -4.87. The first-order valence-electron chi connectivity index (χ1n) is 8.49. The van der Waals surface area contributed by atoms with Gasteiger partial charge in [0.25, 0.3) is 10.1 Å². The molecule has 0 saturated carbocycles. The van der Waals surface area contributed by atoms with Gasteiger partial charge in [-0.2, -0.15) is 34.8 Å². The third-order valence-corrected chi connectivity index (χ3v) is 5.08. The van der Waals surface area contributed by atoms with Gasteiger partial charge in [-0.25, -0.2) is 4.79 Å². The number of halogens is 6. The van der Waals surface area contributed by atoms with E-state index in [0.717, 1.165) is 0 Å². The van der Waals surface area contributed by atoms with Crippen molar-refractivity contribution >= 4 is 39.6 Å². The summed E-state index contributed by atoms with van der Waals surface area (Å²) in [4.78, 5) is 12.5. The quantitative estimate of drug-likeness (QED) is 0.278. The topological polar surface area (TPSA) is 80.7 Å². The Balaban J connectivity index is 3.70. The molecule has 160 valence electrons. The van der Waals surface area contributed by atoms with Crippen molar-refractivity contribution in [2.75, 3.05) is 5.75 Å². The second-order valence-electron chi connectivity index (χ2n) is 6.29. The van der Waals surface area contributed by atoms with Crippen LogP contribution < -0.4 is 0 Å². The van der Waals surface area contributed by atoms with Crippen LogP contribution in [0, 0.1) is 0 Å². The van der Waals surface area contributed by atoms with E-state index in [1.807, 2.05) is 0 Å². The average molecular weight is 444 g/mol. The lowest BCUT2D eigenvalue weighted by Gasteiger charge is -2.35. The summed E-state index contributed by atoms with van der Waals surface area (Å²) in [5.74, 6) is -4.88. The zero-order chi connectivity index (χ0) is 22.8. The third kappa shape index (κ3) is 5.50. The van der Waals surface area contributed by atoms with Crippen LogP contribution >= 0.6 is 0 Å². The molecule has 0 aliphatic rings.